The van der Waals surface area contributed by atoms with E-state index < -0.39 is 0 Å². The summed E-state index contributed by atoms with van der Waals surface area (Å²) in [5, 5.41) is 3.03. The lowest BCUT2D eigenvalue weighted by Crippen LogP contribution is -2.31. The highest BCUT2D eigenvalue weighted by Crippen LogP contribution is 2.42. The summed E-state index contributed by atoms with van der Waals surface area (Å²) in [5.41, 5.74) is 1.93. The average Bonchev–Trinajstić information content (AvgIpc) is 2.47. The second kappa shape index (κ2) is 5.55. The Morgan fingerprint density at radius 2 is 1.60 bits per heavy atom. The average molecular weight is 288 g/mol. The van der Waals surface area contributed by atoms with Crippen LogP contribution in [0.5, 0.6) is 11.5 Å². The fraction of sp³-hybridized carbons (Fsp3) is 0.188. The molecule has 1 aliphatic rings. The van der Waals surface area contributed by atoms with E-state index in [0.717, 1.165) is 22.6 Å². The van der Waals surface area contributed by atoms with Gasteiger partial charge in [0.05, 0.1) is 6.04 Å². The van der Waals surface area contributed by atoms with E-state index >= 15 is 0 Å². The van der Waals surface area contributed by atoms with Crippen LogP contribution in [-0.4, -0.2) is 11.8 Å². The zero-order valence-electron chi connectivity index (χ0n) is 10.8. The number of carbonyl (C=O) groups excluding carboxylic acids is 1. The van der Waals surface area contributed by atoms with E-state index in [-0.39, 0.29) is 11.9 Å². The van der Waals surface area contributed by atoms with Crippen molar-refractivity contribution in [3.05, 3.63) is 59.7 Å². The highest BCUT2D eigenvalue weighted by atomic mass is 35.5. The van der Waals surface area contributed by atoms with E-state index in [9.17, 15) is 4.79 Å². The van der Waals surface area contributed by atoms with Crippen LogP contribution in [-0.2, 0) is 4.79 Å². The van der Waals surface area contributed by atoms with Crippen LogP contribution in [0.25, 0.3) is 0 Å². The Morgan fingerprint density at radius 3 is 2.15 bits per heavy atom. The molecular formula is C16H14ClNO2. The van der Waals surface area contributed by atoms with Crippen molar-refractivity contribution in [3.8, 4) is 11.5 Å². The number of benzene rings is 2. The van der Waals surface area contributed by atoms with Crippen LogP contribution in [0.4, 0.5) is 0 Å². The molecule has 1 heterocycles. The number of halogens is 1. The molecular weight excluding hydrogens is 274 g/mol. The molecule has 1 amide bonds. The third kappa shape index (κ3) is 2.37. The van der Waals surface area contributed by atoms with Crippen molar-refractivity contribution in [1.29, 1.82) is 0 Å². The molecule has 0 saturated carbocycles. The second-order valence-corrected chi connectivity index (χ2v) is 5.00. The Labute approximate surface area is 122 Å². The lowest BCUT2D eigenvalue weighted by molar-refractivity contribution is -0.121. The van der Waals surface area contributed by atoms with Crippen LogP contribution in [0, 0.1) is 0 Å². The molecule has 20 heavy (non-hydrogen) atoms. The number of hydrogen-bond acceptors (Lipinski definition) is 2. The van der Waals surface area contributed by atoms with Crippen LogP contribution in [0.2, 0.25) is 0 Å². The van der Waals surface area contributed by atoms with E-state index in [1.165, 1.54) is 0 Å². The lowest BCUT2D eigenvalue weighted by atomic mass is 9.94. The maximum Gasteiger partial charge on any atom is 0.221 e. The molecule has 102 valence electrons. The van der Waals surface area contributed by atoms with Crippen molar-refractivity contribution in [2.45, 2.75) is 12.5 Å². The normalized spacial score (nSPS) is 13.1. The minimum atomic E-state index is -0.188. The largest absolute Gasteiger partial charge is 0.457 e. The fourth-order valence-corrected chi connectivity index (χ4v) is 2.56. The number of amides is 1. The van der Waals surface area contributed by atoms with Gasteiger partial charge in [0.2, 0.25) is 5.91 Å². The summed E-state index contributed by atoms with van der Waals surface area (Å²) in [6, 6.07) is 15.3. The number of nitrogens with one attached hydrogen (secondary N) is 1. The third-order valence-electron chi connectivity index (χ3n) is 3.31. The van der Waals surface area contributed by atoms with Crippen molar-refractivity contribution in [1.82, 2.24) is 5.32 Å². The molecule has 0 fully saturated rings. The van der Waals surface area contributed by atoms with Crippen LogP contribution in [0.3, 0.4) is 0 Å². The van der Waals surface area contributed by atoms with Gasteiger partial charge in [0.15, 0.2) is 0 Å². The summed E-state index contributed by atoms with van der Waals surface area (Å²) in [7, 11) is 0. The highest BCUT2D eigenvalue weighted by Gasteiger charge is 2.27. The minimum absolute atomic E-state index is 0.0588. The molecule has 0 bridgehead atoms. The predicted molar refractivity (Wildman–Crippen MR) is 78.3 cm³/mol. The first-order valence-electron chi connectivity index (χ1n) is 6.50. The Balaban J connectivity index is 2.01. The van der Waals surface area contributed by atoms with E-state index in [1.54, 1.807) is 0 Å². The molecule has 0 atom stereocenters. The first-order chi connectivity index (χ1) is 9.79. The number of rotatable bonds is 3. The van der Waals surface area contributed by atoms with E-state index in [2.05, 4.69) is 5.32 Å². The van der Waals surface area contributed by atoms with Gasteiger partial charge in [-0.25, -0.2) is 0 Å². The Bertz CT molecular complexity index is 596. The van der Waals surface area contributed by atoms with E-state index in [4.69, 9.17) is 16.3 Å². The highest BCUT2D eigenvalue weighted by molar-refractivity contribution is 6.18. The lowest BCUT2D eigenvalue weighted by Gasteiger charge is -2.28. The number of para-hydroxylation sites is 2. The van der Waals surface area contributed by atoms with Crippen molar-refractivity contribution in [2.24, 2.45) is 0 Å². The van der Waals surface area contributed by atoms with Gasteiger partial charge in [0.25, 0.3) is 0 Å². The number of alkyl halides is 1. The molecule has 3 rings (SSSR count). The Hall–Kier alpha value is -2.00. The van der Waals surface area contributed by atoms with Gasteiger partial charge in [-0.15, -0.1) is 11.6 Å². The van der Waals surface area contributed by atoms with Gasteiger partial charge >= 0.3 is 0 Å². The number of carbonyl (C=O) groups is 1. The van der Waals surface area contributed by atoms with Gasteiger partial charge < -0.3 is 10.1 Å². The molecule has 2 aromatic rings. The van der Waals surface area contributed by atoms with Gasteiger partial charge in [0, 0.05) is 23.4 Å². The molecule has 0 aromatic heterocycles. The van der Waals surface area contributed by atoms with E-state index in [1.807, 2.05) is 48.5 Å². The maximum atomic E-state index is 11.9. The first-order valence-corrected chi connectivity index (χ1v) is 7.04. The van der Waals surface area contributed by atoms with Gasteiger partial charge in [-0.2, -0.15) is 0 Å². The maximum absolute atomic E-state index is 11.9. The van der Waals surface area contributed by atoms with Crippen molar-refractivity contribution >= 4 is 17.5 Å². The second-order valence-electron chi connectivity index (χ2n) is 4.62. The molecule has 0 aliphatic carbocycles. The quantitative estimate of drug-likeness (QED) is 0.876. The summed E-state index contributed by atoms with van der Waals surface area (Å²) in [6.07, 6.45) is 0.309. The summed E-state index contributed by atoms with van der Waals surface area (Å²) >= 11 is 5.63. The molecule has 4 heteroatoms. The van der Waals surface area contributed by atoms with Crippen molar-refractivity contribution in [3.63, 3.8) is 0 Å². The van der Waals surface area contributed by atoms with Crippen LogP contribution >= 0.6 is 11.6 Å². The van der Waals surface area contributed by atoms with Crippen molar-refractivity contribution in [2.75, 3.05) is 5.88 Å². The predicted octanol–water partition coefficient (Wildman–Crippen LogP) is 3.63. The van der Waals surface area contributed by atoms with Crippen LogP contribution in [0.15, 0.2) is 48.5 Å². The molecule has 0 radical (unpaired) electrons. The SMILES string of the molecule is O=C(CCCl)NC1c2ccccc2Oc2ccccc21. The zero-order chi connectivity index (χ0) is 13.9. The summed E-state index contributed by atoms with van der Waals surface area (Å²) in [6.45, 7) is 0. The fourth-order valence-electron chi connectivity index (χ4n) is 2.38. The third-order valence-corrected chi connectivity index (χ3v) is 3.50. The summed E-state index contributed by atoms with van der Waals surface area (Å²) in [5.74, 6) is 1.82. The smallest absolute Gasteiger partial charge is 0.221 e. The first kappa shape index (κ1) is 13.0. The molecule has 0 saturated heterocycles. The molecule has 2 aromatic carbocycles. The van der Waals surface area contributed by atoms with Gasteiger partial charge in [-0.05, 0) is 12.1 Å². The number of hydrogen-bond donors (Lipinski definition) is 1. The van der Waals surface area contributed by atoms with Crippen LogP contribution in [0.1, 0.15) is 23.6 Å². The van der Waals surface area contributed by atoms with Crippen LogP contribution < -0.4 is 10.1 Å². The van der Waals surface area contributed by atoms with E-state index in [0.29, 0.717) is 12.3 Å². The molecule has 1 aliphatic heterocycles. The Morgan fingerprint density at radius 1 is 1.05 bits per heavy atom. The molecule has 1 N–H and O–H groups in total. The van der Waals surface area contributed by atoms with Gasteiger partial charge in [0.1, 0.15) is 11.5 Å². The molecule has 3 nitrogen and oxygen atoms in total. The minimum Gasteiger partial charge on any atom is -0.457 e. The standard InChI is InChI=1S/C16H14ClNO2/c17-10-9-15(19)18-16-11-5-1-3-7-13(11)20-14-8-4-2-6-12(14)16/h1-8,16H,9-10H2,(H,18,19). The molecule has 0 spiro atoms. The number of fused-ring (bicyclic) bond motifs is 2. The van der Waals surface area contributed by atoms with Gasteiger partial charge in [-0.1, -0.05) is 36.4 Å². The topological polar surface area (TPSA) is 38.3 Å². The monoisotopic (exact) mass is 287 g/mol. The zero-order valence-corrected chi connectivity index (χ0v) is 11.6. The molecule has 0 unspecified atom stereocenters. The number of ether oxygens (including phenoxy) is 1. The summed E-state index contributed by atoms with van der Waals surface area (Å²) in [4.78, 5) is 11.9. The Kier molecular flexibility index (Phi) is 3.61. The van der Waals surface area contributed by atoms with Gasteiger partial charge in [-0.3, -0.25) is 4.79 Å². The summed E-state index contributed by atoms with van der Waals surface area (Å²) < 4.78 is 5.87. The van der Waals surface area contributed by atoms with Crippen molar-refractivity contribution < 1.29 is 9.53 Å².